The fourth-order valence-electron chi connectivity index (χ4n) is 1.50. The highest BCUT2D eigenvalue weighted by atomic mass is 14.9. The Labute approximate surface area is 81.2 Å². The minimum Gasteiger partial charge on any atom is -0.338 e. The number of nitrogens with two attached hydrogens (primary N) is 1. The molecule has 1 nitrogen and oxygen atoms in total. The molecule has 0 aliphatic carbocycles. The summed E-state index contributed by atoms with van der Waals surface area (Å²) >= 11 is 0. The molecule has 0 aliphatic rings. The smallest absolute Gasteiger partial charge is 0.109 e. The van der Waals surface area contributed by atoms with Crippen molar-refractivity contribution in [3.63, 3.8) is 0 Å². The van der Waals surface area contributed by atoms with Gasteiger partial charge in [0.05, 0.1) is 6.04 Å². The zero-order valence-electron chi connectivity index (χ0n) is 8.83. The van der Waals surface area contributed by atoms with Gasteiger partial charge in [-0.3, -0.25) is 0 Å². The highest BCUT2D eigenvalue weighted by Crippen LogP contribution is 2.06. The van der Waals surface area contributed by atoms with Gasteiger partial charge in [0.1, 0.15) is 6.04 Å². The van der Waals surface area contributed by atoms with E-state index < -0.39 is 0 Å². The molecule has 0 spiro atoms. The number of hydrogen-bond acceptors (Lipinski definition) is 0. The molecule has 72 valence electrons. The molecule has 13 heavy (non-hydrogen) atoms. The van der Waals surface area contributed by atoms with Gasteiger partial charge in [-0.1, -0.05) is 37.3 Å². The molecular formula is C12H20N+. The van der Waals surface area contributed by atoms with Crippen LogP contribution in [-0.4, -0.2) is 6.04 Å². The monoisotopic (exact) mass is 178 g/mol. The summed E-state index contributed by atoms with van der Waals surface area (Å²) in [6, 6.07) is 12.0. The molecule has 0 bridgehead atoms. The summed E-state index contributed by atoms with van der Waals surface area (Å²) < 4.78 is 0. The van der Waals surface area contributed by atoms with E-state index in [1.165, 1.54) is 12.0 Å². The molecule has 2 atom stereocenters. The Kier molecular flexibility index (Phi) is 3.97. The Morgan fingerprint density at radius 3 is 2.31 bits per heavy atom. The zero-order chi connectivity index (χ0) is 9.68. The van der Waals surface area contributed by atoms with Gasteiger partial charge in [0.25, 0.3) is 0 Å². The summed E-state index contributed by atoms with van der Waals surface area (Å²) in [5.74, 6) is 0. The third kappa shape index (κ3) is 3.19. The van der Waals surface area contributed by atoms with E-state index in [1.54, 1.807) is 0 Å². The Balaban J connectivity index is 2.53. The Morgan fingerprint density at radius 2 is 1.77 bits per heavy atom. The average Bonchev–Trinajstić information content (AvgIpc) is 2.19. The first kappa shape index (κ1) is 10.3. The van der Waals surface area contributed by atoms with Crippen LogP contribution in [0.4, 0.5) is 0 Å². The van der Waals surface area contributed by atoms with Crippen molar-refractivity contribution in [1.29, 1.82) is 0 Å². The number of quaternary nitrogens is 1. The maximum atomic E-state index is 2.43. The molecule has 0 aromatic heterocycles. The second-order valence-corrected chi connectivity index (χ2v) is 3.78. The molecule has 0 fully saturated rings. The van der Waals surface area contributed by atoms with Crippen molar-refractivity contribution in [3.05, 3.63) is 35.9 Å². The number of benzene rings is 1. The highest BCUT2D eigenvalue weighted by molar-refractivity contribution is 5.16. The van der Waals surface area contributed by atoms with E-state index in [0.717, 1.165) is 6.04 Å². The lowest BCUT2D eigenvalue weighted by molar-refractivity contribution is -0.722. The topological polar surface area (TPSA) is 16.6 Å². The molecule has 1 heteroatoms. The van der Waals surface area contributed by atoms with E-state index in [-0.39, 0.29) is 0 Å². The summed E-state index contributed by atoms with van der Waals surface area (Å²) in [7, 11) is 0. The molecule has 0 saturated heterocycles. The highest BCUT2D eigenvalue weighted by Gasteiger charge is 2.10. The van der Waals surface area contributed by atoms with Gasteiger partial charge in [0.2, 0.25) is 0 Å². The maximum Gasteiger partial charge on any atom is 0.109 e. The van der Waals surface area contributed by atoms with Gasteiger partial charge in [-0.2, -0.15) is 0 Å². The van der Waals surface area contributed by atoms with E-state index in [9.17, 15) is 0 Å². The van der Waals surface area contributed by atoms with Crippen LogP contribution in [0.25, 0.3) is 0 Å². The normalized spacial score (nSPS) is 15.3. The Morgan fingerprint density at radius 1 is 1.15 bits per heavy atom. The average molecular weight is 178 g/mol. The summed E-state index contributed by atoms with van der Waals surface area (Å²) in [6.45, 7) is 6.78. The van der Waals surface area contributed by atoms with Crippen molar-refractivity contribution in [3.8, 4) is 0 Å². The minimum absolute atomic E-state index is 0.580. The van der Waals surface area contributed by atoms with Crippen LogP contribution >= 0.6 is 0 Å². The van der Waals surface area contributed by atoms with Crippen molar-refractivity contribution >= 4 is 0 Å². The second kappa shape index (κ2) is 5.03. The molecule has 0 amide bonds. The lowest BCUT2D eigenvalue weighted by Gasteiger charge is -2.15. The van der Waals surface area contributed by atoms with Crippen molar-refractivity contribution in [2.75, 3.05) is 0 Å². The van der Waals surface area contributed by atoms with Crippen molar-refractivity contribution in [2.45, 2.75) is 39.3 Å². The first-order valence-electron chi connectivity index (χ1n) is 5.14. The van der Waals surface area contributed by atoms with Crippen LogP contribution in [0.3, 0.4) is 0 Å². The van der Waals surface area contributed by atoms with Gasteiger partial charge in [-0.15, -0.1) is 0 Å². The van der Waals surface area contributed by atoms with Gasteiger partial charge in [0, 0.05) is 5.56 Å². The predicted octanol–water partition coefficient (Wildman–Crippen LogP) is 2.11. The van der Waals surface area contributed by atoms with Crippen LogP contribution in [0.1, 0.15) is 38.8 Å². The largest absolute Gasteiger partial charge is 0.338 e. The second-order valence-electron chi connectivity index (χ2n) is 3.78. The first-order chi connectivity index (χ1) is 6.24. The molecule has 0 aliphatic heterocycles. The molecule has 0 radical (unpaired) electrons. The van der Waals surface area contributed by atoms with Crippen molar-refractivity contribution < 1.29 is 5.32 Å². The predicted molar refractivity (Wildman–Crippen MR) is 56.5 cm³/mol. The Hall–Kier alpha value is -0.820. The van der Waals surface area contributed by atoms with Gasteiger partial charge in [-0.05, 0) is 20.3 Å². The SMILES string of the molecule is CC[C@H](C)[NH2+][C@@H](C)c1ccccc1. The molecule has 1 aromatic carbocycles. The standard InChI is InChI=1S/C12H19N/c1-4-10(2)13-11(3)12-8-6-5-7-9-12/h5-11,13H,4H2,1-3H3/p+1/t10-,11-/m0/s1. The van der Waals surface area contributed by atoms with Crippen LogP contribution in [0.2, 0.25) is 0 Å². The fraction of sp³-hybridized carbons (Fsp3) is 0.500. The van der Waals surface area contributed by atoms with Crippen LogP contribution in [0.5, 0.6) is 0 Å². The van der Waals surface area contributed by atoms with Crippen LogP contribution in [-0.2, 0) is 0 Å². The molecule has 1 aromatic rings. The van der Waals surface area contributed by atoms with E-state index in [4.69, 9.17) is 0 Å². The van der Waals surface area contributed by atoms with Gasteiger partial charge in [-0.25, -0.2) is 0 Å². The molecular weight excluding hydrogens is 158 g/mol. The molecule has 1 rings (SSSR count). The molecule has 0 unspecified atom stereocenters. The van der Waals surface area contributed by atoms with Gasteiger partial charge < -0.3 is 5.32 Å². The van der Waals surface area contributed by atoms with Crippen LogP contribution < -0.4 is 5.32 Å². The summed E-state index contributed by atoms with van der Waals surface area (Å²) in [5, 5.41) is 2.43. The van der Waals surface area contributed by atoms with Crippen LogP contribution in [0.15, 0.2) is 30.3 Å². The lowest BCUT2D eigenvalue weighted by atomic mass is 10.1. The van der Waals surface area contributed by atoms with Crippen LogP contribution in [0, 0.1) is 0 Å². The van der Waals surface area contributed by atoms with Gasteiger partial charge in [0.15, 0.2) is 0 Å². The zero-order valence-corrected chi connectivity index (χ0v) is 8.83. The van der Waals surface area contributed by atoms with E-state index >= 15 is 0 Å². The summed E-state index contributed by atoms with van der Waals surface area (Å²) in [6.07, 6.45) is 1.23. The van der Waals surface area contributed by atoms with Crippen molar-refractivity contribution in [1.82, 2.24) is 0 Å². The van der Waals surface area contributed by atoms with E-state index in [2.05, 4.69) is 56.4 Å². The van der Waals surface area contributed by atoms with Gasteiger partial charge >= 0.3 is 0 Å². The van der Waals surface area contributed by atoms with E-state index in [1.807, 2.05) is 0 Å². The quantitative estimate of drug-likeness (QED) is 0.727. The third-order valence-electron chi connectivity index (χ3n) is 2.59. The minimum atomic E-state index is 0.580. The lowest BCUT2D eigenvalue weighted by Crippen LogP contribution is -2.89. The number of rotatable bonds is 4. The Bertz CT molecular complexity index is 230. The molecule has 2 N–H and O–H groups in total. The molecule has 0 saturated carbocycles. The summed E-state index contributed by atoms with van der Waals surface area (Å²) in [5.41, 5.74) is 1.42. The maximum absolute atomic E-state index is 2.43. The van der Waals surface area contributed by atoms with Crippen molar-refractivity contribution in [2.24, 2.45) is 0 Å². The summed E-state index contributed by atoms with van der Waals surface area (Å²) in [4.78, 5) is 0. The third-order valence-corrected chi connectivity index (χ3v) is 2.59. The first-order valence-corrected chi connectivity index (χ1v) is 5.14. The van der Waals surface area contributed by atoms with E-state index in [0.29, 0.717) is 6.04 Å². The number of hydrogen-bond donors (Lipinski definition) is 1. The molecule has 0 heterocycles. The fourth-order valence-corrected chi connectivity index (χ4v) is 1.50.